The van der Waals surface area contributed by atoms with E-state index in [4.69, 9.17) is 9.98 Å². The van der Waals surface area contributed by atoms with Crippen molar-refractivity contribution in [3.8, 4) is 11.5 Å². The highest BCUT2D eigenvalue weighted by Crippen LogP contribution is 2.42. The van der Waals surface area contributed by atoms with Crippen LogP contribution in [0.25, 0.3) is 10.8 Å². The van der Waals surface area contributed by atoms with Crippen LogP contribution in [0.4, 0.5) is 17.1 Å². The third-order valence-corrected chi connectivity index (χ3v) is 11.8. The van der Waals surface area contributed by atoms with Gasteiger partial charge in [-0.1, -0.05) is 136 Å². The molecule has 0 heterocycles. The van der Waals surface area contributed by atoms with Crippen molar-refractivity contribution >= 4 is 39.8 Å². The summed E-state index contributed by atoms with van der Waals surface area (Å²) in [5.41, 5.74) is 11.2. The summed E-state index contributed by atoms with van der Waals surface area (Å²) >= 11 is 0. The first kappa shape index (κ1) is 51.0. The molecule has 0 aliphatic carbocycles. The Hall–Kier alpha value is -4.38. The lowest BCUT2D eigenvalue weighted by molar-refractivity contribution is 0.408. The first-order valence-corrected chi connectivity index (χ1v) is 24.4. The molecule has 4 aromatic carbocycles. The maximum Gasteiger partial charge on any atom is 0.165 e. The van der Waals surface area contributed by atoms with E-state index in [2.05, 4.69) is 108 Å². The van der Waals surface area contributed by atoms with E-state index in [1.165, 1.54) is 124 Å². The van der Waals surface area contributed by atoms with E-state index in [1.807, 2.05) is 25.4 Å². The molecular weight excluding hydrogens is 747 g/mol. The summed E-state index contributed by atoms with van der Waals surface area (Å²) in [5.74, 6) is -0.0768. The number of aryl methyl sites for hydroxylation is 5. The van der Waals surface area contributed by atoms with Crippen molar-refractivity contribution in [2.75, 3.05) is 18.5 Å². The average Bonchev–Trinajstić information content (AvgIpc) is 3.28. The van der Waals surface area contributed by atoms with Gasteiger partial charge in [-0.25, -0.2) is 4.99 Å². The van der Waals surface area contributed by atoms with Gasteiger partial charge in [0.15, 0.2) is 11.5 Å². The highest BCUT2D eigenvalue weighted by Gasteiger charge is 2.16. The second kappa shape index (κ2) is 29.8. The molecule has 2 N–H and O–H groups in total. The van der Waals surface area contributed by atoms with Gasteiger partial charge in [-0.3, -0.25) is 4.99 Å². The topological polar surface area (TPSA) is 68.4 Å². The molecule has 0 aliphatic rings. The van der Waals surface area contributed by atoms with Crippen LogP contribution in [0.15, 0.2) is 82.8 Å². The monoisotopic (exact) mass is 830 g/mol. The summed E-state index contributed by atoms with van der Waals surface area (Å²) < 4.78 is 0. The number of phenols is 2. The highest BCUT2D eigenvalue weighted by molar-refractivity contribution is 6.36. The zero-order chi connectivity index (χ0) is 44.2. The van der Waals surface area contributed by atoms with Gasteiger partial charge in [0, 0.05) is 36.1 Å². The Labute approximate surface area is 372 Å². The Balaban J connectivity index is 0.000000411. The number of allylic oxidation sites excluding steroid dienone is 2. The molecule has 334 valence electrons. The van der Waals surface area contributed by atoms with Crippen molar-refractivity contribution < 1.29 is 10.2 Å². The lowest BCUT2D eigenvalue weighted by Crippen LogP contribution is -2.16. The molecule has 4 aromatic rings. The van der Waals surface area contributed by atoms with Crippen molar-refractivity contribution in [1.82, 2.24) is 0 Å². The highest BCUT2D eigenvalue weighted by atomic mass is 16.3. The third-order valence-electron chi connectivity index (χ3n) is 11.8. The number of rotatable bonds is 27. The summed E-state index contributed by atoms with van der Waals surface area (Å²) in [6.07, 6.45) is 31.8. The van der Waals surface area contributed by atoms with E-state index in [9.17, 15) is 10.2 Å². The van der Waals surface area contributed by atoms with Crippen LogP contribution in [-0.4, -0.2) is 35.7 Å². The molecule has 0 amide bonds. The number of aliphatic imine (C=N–C) groups is 2. The number of unbranched alkanes of at least 4 members (excludes halogenated alkanes) is 10. The van der Waals surface area contributed by atoms with E-state index in [-0.39, 0.29) is 11.5 Å². The standard InChI is InChI=1S/C39H60N2.C17H23NO2/c1-6-11-16-17-18-19-20-25-39(41-38-29-27-34(22-13-8-3)36(31-38)24-15-10-5)32-40-37-28-26-33(21-12-7-2)35(30-37)23-14-9-4;1-4-6-8-12-9-7-10-13-16(12)14(18(3)5-2)11-15(19)17(13)20/h20,25-32H,6-19,21-24H2,1-5H3;7,9-11,19-20H,4-6,8H2,1-3H3. The molecule has 4 rings (SSSR count). The van der Waals surface area contributed by atoms with E-state index in [0.717, 1.165) is 78.6 Å². The fourth-order valence-electron chi connectivity index (χ4n) is 7.82. The fourth-order valence-corrected chi connectivity index (χ4v) is 7.82. The third kappa shape index (κ3) is 17.5. The SMILES string of the molecule is CCCCCCCC=CC(C=Nc1ccc(CCCC)c(CCCC)c1)=Nc1ccc(CCCC)c(CCCC)c1.CCCCc1cccc2c(O)c(O)cc(N(C)CC)c12. The number of nitrogens with zero attached hydrogens (tertiary/aromatic N) is 3. The van der Waals surface area contributed by atoms with Gasteiger partial charge in [0.25, 0.3) is 0 Å². The summed E-state index contributed by atoms with van der Waals surface area (Å²) in [6, 6.07) is 21.3. The molecule has 0 unspecified atom stereocenters. The molecule has 0 fully saturated rings. The molecule has 61 heavy (non-hydrogen) atoms. The maximum atomic E-state index is 10.1. The Morgan fingerprint density at radius 3 is 1.66 bits per heavy atom. The van der Waals surface area contributed by atoms with Gasteiger partial charge < -0.3 is 15.1 Å². The molecule has 5 nitrogen and oxygen atoms in total. The minimum Gasteiger partial charge on any atom is -0.504 e. The molecule has 0 bridgehead atoms. The molecular formula is C56H83N3O2. The van der Waals surface area contributed by atoms with Crippen molar-refractivity contribution in [1.29, 1.82) is 0 Å². The van der Waals surface area contributed by atoms with Gasteiger partial charge in [-0.15, -0.1) is 0 Å². The molecule has 0 aliphatic heterocycles. The maximum absolute atomic E-state index is 10.1. The number of phenolic OH excluding ortho intramolecular Hbond substituents is 2. The summed E-state index contributed by atoms with van der Waals surface area (Å²) in [4.78, 5) is 12.2. The summed E-state index contributed by atoms with van der Waals surface area (Å²) in [5, 5.41) is 21.8. The van der Waals surface area contributed by atoms with E-state index in [1.54, 1.807) is 6.07 Å². The van der Waals surface area contributed by atoms with Crippen LogP contribution < -0.4 is 4.90 Å². The van der Waals surface area contributed by atoms with Crippen molar-refractivity contribution in [3.63, 3.8) is 0 Å². The van der Waals surface area contributed by atoms with E-state index >= 15 is 0 Å². The normalized spacial score (nSPS) is 11.8. The number of aromatic hydroxyl groups is 2. The number of hydrogen-bond donors (Lipinski definition) is 2. The minimum atomic E-state index is -0.0551. The minimum absolute atomic E-state index is 0.0217. The Kier molecular flexibility index (Phi) is 24.9. The van der Waals surface area contributed by atoms with Gasteiger partial charge in [0.2, 0.25) is 0 Å². The van der Waals surface area contributed by atoms with Crippen molar-refractivity contribution in [3.05, 3.63) is 101 Å². The van der Waals surface area contributed by atoms with Crippen LogP contribution in [0.1, 0.15) is 179 Å². The number of fused-ring (bicyclic) bond motifs is 1. The van der Waals surface area contributed by atoms with Crippen LogP contribution in [0, 0.1) is 0 Å². The van der Waals surface area contributed by atoms with Crippen molar-refractivity contribution in [2.45, 2.75) is 183 Å². The lowest BCUT2D eigenvalue weighted by atomic mass is 9.97. The molecule has 0 aromatic heterocycles. The molecule has 5 heteroatoms. The smallest absolute Gasteiger partial charge is 0.165 e. The van der Waals surface area contributed by atoms with Crippen LogP contribution >= 0.6 is 0 Å². The average molecular weight is 830 g/mol. The van der Waals surface area contributed by atoms with Gasteiger partial charge >= 0.3 is 0 Å². The molecule has 0 spiro atoms. The van der Waals surface area contributed by atoms with Crippen LogP contribution in [0.5, 0.6) is 11.5 Å². The molecule has 0 atom stereocenters. The van der Waals surface area contributed by atoms with E-state index < -0.39 is 0 Å². The van der Waals surface area contributed by atoms with E-state index in [0.29, 0.717) is 0 Å². The lowest BCUT2D eigenvalue weighted by Gasteiger charge is -2.22. The first-order valence-electron chi connectivity index (χ1n) is 24.4. The number of hydrogen-bond acceptors (Lipinski definition) is 5. The van der Waals surface area contributed by atoms with Crippen LogP contribution in [0.3, 0.4) is 0 Å². The quantitative estimate of drug-likeness (QED) is 0.0357. The number of benzene rings is 4. The molecule has 0 saturated carbocycles. The predicted octanol–water partition coefficient (Wildman–Crippen LogP) is 16.5. The van der Waals surface area contributed by atoms with Gasteiger partial charge in [-0.2, -0.15) is 0 Å². The van der Waals surface area contributed by atoms with Gasteiger partial charge in [-0.05, 0) is 142 Å². The predicted molar refractivity (Wildman–Crippen MR) is 270 cm³/mol. The second-order valence-corrected chi connectivity index (χ2v) is 16.9. The molecule has 0 saturated heterocycles. The second-order valence-electron chi connectivity index (χ2n) is 16.9. The first-order chi connectivity index (χ1) is 29.7. The van der Waals surface area contributed by atoms with Crippen LogP contribution in [-0.2, 0) is 32.1 Å². The van der Waals surface area contributed by atoms with Crippen LogP contribution in [0.2, 0.25) is 0 Å². The number of anilines is 1. The van der Waals surface area contributed by atoms with Gasteiger partial charge in [0.05, 0.1) is 23.3 Å². The zero-order valence-corrected chi connectivity index (χ0v) is 39.8. The Bertz CT molecular complexity index is 1940. The van der Waals surface area contributed by atoms with Crippen molar-refractivity contribution in [2.24, 2.45) is 9.98 Å². The largest absolute Gasteiger partial charge is 0.504 e. The Morgan fingerprint density at radius 2 is 1.08 bits per heavy atom. The Morgan fingerprint density at radius 1 is 0.557 bits per heavy atom. The zero-order valence-electron chi connectivity index (χ0n) is 39.8. The summed E-state index contributed by atoms with van der Waals surface area (Å²) in [7, 11) is 2.00. The molecule has 0 radical (unpaired) electrons. The van der Waals surface area contributed by atoms with Gasteiger partial charge in [0.1, 0.15) is 0 Å². The summed E-state index contributed by atoms with van der Waals surface area (Å²) in [6.45, 7) is 16.5. The fraction of sp³-hybridized carbons (Fsp3) is 0.536.